The first-order valence-corrected chi connectivity index (χ1v) is 7.22. The van der Waals surface area contributed by atoms with Crippen LogP contribution in [0.15, 0.2) is 25.0 Å². The van der Waals surface area contributed by atoms with Crippen LogP contribution in [0.5, 0.6) is 0 Å². The average molecular weight is 290 g/mol. The van der Waals surface area contributed by atoms with E-state index in [4.69, 9.17) is 0 Å². The van der Waals surface area contributed by atoms with Gasteiger partial charge in [-0.2, -0.15) is 5.10 Å². The zero-order valence-corrected chi connectivity index (χ0v) is 12.6. The Hall–Kier alpha value is -2.11. The van der Waals surface area contributed by atoms with Gasteiger partial charge in [-0.1, -0.05) is 19.9 Å². The fourth-order valence-electron chi connectivity index (χ4n) is 2.42. The molecule has 6 nitrogen and oxygen atoms in total. The van der Waals surface area contributed by atoms with Crippen molar-refractivity contribution in [1.82, 2.24) is 15.1 Å². The van der Waals surface area contributed by atoms with E-state index < -0.39 is 0 Å². The van der Waals surface area contributed by atoms with E-state index in [-0.39, 0.29) is 24.2 Å². The first-order valence-electron chi connectivity index (χ1n) is 7.22. The van der Waals surface area contributed by atoms with Gasteiger partial charge in [0.05, 0.1) is 17.8 Å². The monoisotopic (exact) mass is 290 g/mol. The van der Waals surface area contributed by atoms with Crippen molar-refractivity contribution in [2.45, 2.75) is 26.8 Å². The molecular weight excluding hydrogens is 268 g/mol. The van der Waals surface area contributed by atoms with Crippen LogP contribution in [0.1, 0.15) is 20.3 Å². The Labute approximate surface area is 124 Å². The van der Waals surface area contributed by atoms with Gasteiger partial charge in [0.25, 0.3) is 0 Å². The Morgan fingerprint density at radius 1 is 1.62 bits per heavy atom. The topological polar surface area (TPSA) is 67.2 Å². The number of carbonyl (C=O) groups excluding carboxylic acids is 2. The second-order valence-corrected chi connectivity index (χ2v) is 5.75. The molecule has 0 bridgehead atoms. The van der Waals surface area contributed by atoms with Crippen molar-refractivity contribution in [3.8, 4) is 0 Å². The Morgan fingerprint density at radius 3 is 3.05 bits per heavy atom. The lowest BCUT2D eigenvalue weighted by Gasteiger charge is -2.14. The van der Waals surface area contributed by atoms with Crippen LogP contribution in [0.3, 0.4) is 0 Å². The first-order chi connectivity index (χ1) is 10.0. The van der Waals surface area contributed by atoms with Gasteiger partial charge in [0.1, 0.15) is 0 Å². The number of hydrogen-bond donors (Lipinski definition) is 1. The lowest BCUT2D eigenvalue weighted by Crippen LogP contribution is -2.32. The predicted molar refractivity (Wildman–Crippen MR) is 80.7 cm³/mol. The van der Waals surface area contributed by atoms with Crippen molar-refractivity contribution in [3.05, 3.63) is 25.0 Å². The standard InChI is InChI=1S/C15H22N4O2/c1-4-5-16-15(21)12-6-14(20)19(9-12)13-7-17-18(10-13)8-11(2)3/h4,7,10-12H,1,5-6,8-9H2,2-3H3,(H,16,21). The molecule has 1 aromatic rings. The van der Waals surface area contributed by atoms with Crippen LogP contribution in [-0.4, -0.2) is 34.7 Å². The van der Waals surface area contributed by atoms with Crippen LogP contribution < -0.4 is 10.2 Å². The van der Waals surface area contributed by atoms with E-state index in [2.05, 4.69) is 30.8 Å². The van der Waals surface area contributed by atoms with Crippen LogP contribution >= 0.6 is 0 Å². The maximum Gasteiger partial charge on any atom is 0.227 e. The van der Waals surface area contributed by atoms with Crippen LogP contribution in [0, 0.1) is 11.8 Å². The molecule has 6 heteroatoms. The van der Waals surface area contributed by atoms with Crippen LogP contribution in [0.25, 0.3) is 0 Å². The Kier molecular flexibility index (Phi) is 4.77. The van der Waals surface area contributed by atoms with E-state index in [9.17, 15) is 9.59 Å². The molecule has 0 aromatic carbocycles. The molecule has 1 fully saturated rings. The van der Waals surface area contributed by atoms with Crippen molar-refractivity contribution in [3.63, 3.8) is 0 Å². The molecule has 114 valence electrons. The molecular formula is C15H22N4O2. The van der Waals surface area contributed by atoms with Gasteiger partial charge in [0.15, 0.2) is 0 Å². The van der Waals surface area contributed by atoms with Crippen molar-refractivity contribution in [2.24, 2.45) is 11.8 Å². The average Bonchev–Trinajstić information content (AvgIpc) is 3.01. The van der Waals surface area contributed by atoms with Gasteiger partial charge >= 0.3 is 0 Å². The van der Waals surface area contributed by atoms with E-state index >= 15 is 0 Å². The molecule has 0 spiro atoms. The first kappa shape index (κ1) is 15.3. The minimum Gasteiger partial charge on any atom is -0.352 e. The number of anilines is 1. The highest BCUT2D eigenvalue weighted by atomic mass is 16.2. The van der Waals surface area contributed by atoms with Gasteiger partial charge in [0, 0.05) is 32.3 Å². The Balaban J connectivity index is 2.01. The van der Waals surface area contributed by atoms with Crippen LogP contribution in [0.4, 0.5) is 5.69 Å². The smallest absolute Gasteiger partial charge is 0.227 e. The van der Waals surface area contributed by atoms with E-state index in [1.54, 1.807) is 17.2 Å². The molecule has 1 unspecified atom stereocenters. The fourth-order valence-corrected chi connectivity index (χ4v) is 2.42. The summed E-state index contributed by atoms with van der Waals surface area (Å²) >= 11 is 0. The summed E-state index contributed by atoms with van der Waals surface area (Å²) in [5.41, 5.74) is 0.764. The molecule has 2 heterocycles. The third-order valence-electron chi connectivity index (χ3n) is 3.40. The van der Waals surface area contributed by atoms with Gasteiger partial charge in [0.2, 0.25) is 11.8 Å². The summed E-state index contributed by atoms with van der Waals surface area (Å²) in [5.74, 6) is 0.0635. The molecule has 1 aliphatic heterocycles. The Bertz CT molecular complexity index is 536. The van der Waals surface area contributed by atoms with E-state index in [1.807, 2.05) is 10.9 Å². The highest BCUT2D eigenvalue weighted by Gasteiger charge is 2.35. The summed E-state index contributed by atoms with van der Waals surface area (Å²) in [5, 5.41) is 7.01. The number of nitrogens with zero attached hydrogens (tertiary/aromatic N) is 3. The van der Waals surface area contributed by atoms with Gasteiger partial charge in [-0.05, 0) is 5.92 Å². The molecule has 21 heavy (non-hydrogen) atoms. The predicted octanol–water partition coefficient (Wildman–Crippen LogP) is 1.19. The maximum absolute atomic E-state index is 12.1. The summed E-state index contributed by atoms with van der Waals surface area (Å²) in [4.78, 5) is 25.6. The third-order valence-corrected chi connectivity index (χ3v) is 3.40. The van der Waals surface area contributed by atoms with Gasteiger partial charge in [-0.25, -0.2) is 0 Å². The molecule has 1 N–H and O–H groups in total. The zero-order chi connectivity index (χ0) is 15.4. The van der Waals surface area contributed by atoms with Gasteiger partial charge in [-0.15, -0.1) is 6.58 Å². The van der Waals surface area contributed by atoms with Crippen molar-refractivity contribution >= 4 is 17.5 Å². The molecule has 2 rings (SSSR count). The number of nitrogens with one attached hydrogen (secondary N) is 1. The number of carbonyl (C=O) groups is 2. The van der Waals surface area contributed by atoms with Crippen molar-refractivity contribution in [1.29, 1.82) is 0 Å². The highest BCUT2D eigenvalue weighted by molar-refractivity contribution is 6.00. The SMILES string of the molecule is C=CCNC(=O)C1CC(=O)N(c2cnn(CC(C)C)c2)C1. The maximum atomic E-state index is 12.1. The lowest BCUT2D eigenvalue weighted by molar-refractivity contribution is -0.126. The molecule has 1 atom stereocenters. The molecule has 0 aliphatic carbocycles. The van der Waals surface area contributed by atoms with Gasteiger partial charge in [-0.3, -0.25) is 14.3 Å². The van der Waals surface area contributed by atoms with E-state index in [0.29, 0.717) is 19.0 Å². The second kappa shape index (κ2) is 6.56. The zero-order valence-electron chi connectivity index (χ0n) is 12.6. The quantitative estimate of drug-likeness (QED) is 0.800. The number of amides is 2. The summed E-state index contributed by atoms with van der Waals surface area (Å²) in [6, 6.07) is 0. The summed E-state index contributed by atoms with van der Waals surface area (Å²) in [6.45, 7) is 9.44. The minimum absolute atomic E-state index is 0.0298. The minimum atomic E-state index is -0.300. The fraction of sp³-hybridized carbons (Fsp3) is 0.533. The van der Waals surface area contributed by atoms with Crippen molar-refractivity contribution in [2.75, 3.05) is 18.0 Å². The molecule has 2 amide bonds. The molecule has 0 radical (unpaired) electrons. The number of aromatic nitrogens is 2. The normalized spacial score (nSPS) is 18.3. The molecule has 0 saturated carbocycles. The number of hydrogen-bond acceptors (Lipinski definition) is 3. The van der Waals surface area contributed by atoms with Crippen LogP contribution in [-0.2, 0) is 16.1 Å². The molecule has 1 aromatic heterocycles. The molecule has 1 aliphatic rings. The van der Waals surface area contributed by atoms with E-state index in [1.165, 1.54) is 0 Å². The number of rotatable bonds is 6. The summed E-state index contributed by atoms with van der Waals surface area (Å²) < 4.78 is 1.83. The summed E-state index contributed by atoms with van der Waals surface area (Å²) in [7, 11) is 0. The Morgan fingerprint density at radius 2 is 2.38 bits per heavy atom. The van der Waals surface area contributed by atoms with Crippen LogP contribution in [0.2, 0.25) is 0 Å². The van der Waals surface area contributed by atoms with E-state index in [0.717, 1.165) is 12.2 Å². The highest BCUT2D eigenvalue weighted by Crippen LogP contribution is 2.24. The summed E-state index contributed by atoms with van der Waals surface area (Å²) in [6.07, 6.45) is 5.42. The largest absolute Gasteiger partial charge is 0.352 e. The van der Waals surface area contributed by atoms with Crippen molar-refractivity contribution < 1.29 is 9.59 Å². The molecule has 1 saturated heterocycles. The lowest BCUT2D eigenvalue weighted by atomic mass is 10.1. The second-order valence-electron chi connectivity index (χ2n) is 5.75. The third kappa shape index (κ3) is 3.71. The van der Waals surface area contributed by atoms with Gasteiger partial charge < -0.3 is 10.2 Å².